The lowest BCUT2D eigenvalue weighted by Gasteiger charge is -2.44. The topological polar surface area (TPSA) is 155 Å². The summed E-state index contributed by atoms with van der Waals surface area (Å²) >= 11 is 0. The third-order valence-electron chi connectivity index (χ3n) is 10.4. The van der Waals surface area contributed by atoms with Gasteiger partial charge in [0.2, 0.25) is 0 Å². The van der Waals surface area contributed by atoms with E-state index in [0.717, 1.165) is 97.2 Å². The minimum absolute atomic E-state index is 0.111. The lowest BCUT2D eigenvalue weighted by atomic mass is 9.64. The molecule has 1 amide bonds. The maximum atomic E-state index is 13.0. The molecule has 5 rings (SSSR count). The quantitative estimate of drug-likeness (QED) is 0.0848. The van der Waals surface area contributed by atoms with Gasteiger partial charge in [0.25, 0.3) is 5.91 Å². The highest BCUT2D eigenvalue weighted by atomic mass is 16.1. The van der Waals surface area contributed by atoms with Crippen molar-refractivity contribution in [1.82, 2.24) is 20.9 Å². The zero-order valence-electron chi connectivity index (χ0n) is 27.9. The summed E-state index contributed by atoms with van der Waals surface area (Å²) in [6.45, 7) is 15.3. The van der Waals surface area contributed by atoms with Crippen molar-refractivity contribution in [3.8, 4) is 6.07 Å². The number of fused-ring (bicyclic) bond motifs is 2. The summed E-state index contributed by atoms with van der Waals surface area (Å²) in [7, 11) is 0. The van der Waals surface area contributed by atoms with Crippen molar-refractivity contribution in [2.24, 2.45) is 16.1 Å². The third-order valence-corrected chi connectivity index (χ3v) is 10.4. The molecule has 10 nitrogen and oxygen atoms in total. The van der Waals surface area contributed by atoms with E-state index in [2.05, 4.69) is 75.5 Å². The Bertz CT molecular complexity index is 1530. The molecule has 2 aliphatic carbocycles. The van der Waals surface area contributed by atoms with Crippen molar-refractivity contribution >= 4 is 17.4 Å². The molecule has 0 radical (unpaired) electrons. The Labute approximate surface area is 279 Å². The smallest absolute Gasteiger partial charge is 0.251 e. The van der Waals surface area contributed by atoms with Gasteiger partial charge in [-0.05, 0) is 105 Å². The minimum Gasteiger partial charge on any atom is -0.385 e. The number of carbonyl (C=O) groups excluding carboxylic acids is 1. The summed E-state index contributed by atoms with van der Waals surface area (Å²) in [5, 5.41) is 27.7. The van der Waals surface area contributed by atoms with Crippen LogP contribution in [-0.2, 0) is 18.3 Å². The van der Waals surface area contributed by atoms with E-state index in [9.17, 15) is 10.1 Å². The molecule has 47 heavy (non-hydrogen) atoms. The zero-order chi connectivity index (χ0) is 33.6. The van der Waals surface area contributed by atoms with E-state index in [0.29, 0.717) is 31.5 Å². The first kappa shape index (κ1) is 33.9. The second kappa shape index (κ2) is 14.5. The van der Waals surface area contributed by atoms with Crippen molar-refractivity contribution in [3.63, 3.8) is 0 Å². The van der Waals surface area contributed by atoms with Gasteiger partial charge in [0.15, 0.2) is 0 Å². The van der Waals surface area contributed by atoms with Crippen LogP contribution in [-0.4, -0.2) is 54.4 Å². The highest BCUT2D eigenvalue weighted by molar-refractivity contribution is 5.98. The van der Waals surface area contributed by atoms with E-state index in [-0.39, 0.29) is 23.3 Å². The van der Waals surface area contributed by atoms with Gasteiger partial charge in [0.05, 0.1) is 11.5 Å². The molecular formula is C37H49N9O. The molecule has 1 aliphatic heterocycles. The molecule has 2 aromatic carbocycles. The number of amidine groups is 1. The highest BCUT2D eigenvalue weighted by Crippen LogP contribution is 2.49. The zero-order valence-corrected chi connectivity index (χ0v) is 27.9. The number of benzene rings is 2. The molecule has 248 valence electrons. The fourth-order valence-corrected chi connectivity index (χ4v) is 8.10. The van der Waals surface area contributed by atoms with E-state index >= 15 is 0 Å². The van der Waals surface area contributed by atoms with Crippen LogP contribution in [0.2, 0.25) is 0 Å². The maximum absolute atomic E-state index is 13.0. The standard InChI is InChI=1S/C37H49N9O/c1-5-41-26(4)27-13-15-32-28(20-27)11-12-29-21-30(34(47)42-6-2)14-16-33(29)37(32,35(39)44-45-40)24-36(17-7-8-18-36)43-23-25(3)46-19-9-10-31(46)22-38/h13-16,20-21,31,41,43H,3-12,17-19,23-24H2,1-2H3,(H,42,47)(H3,39,40,44). The van der Waals surface area contributed by atoms with Crippen LogP contribution in [0.4, 0.5) is 0 Å². The normalized spacial score (nSPS) is 21.6. The van der Waals surface area contributed by atoms with Gasteiger partial charge in [-0.1, -0.05) is 49.4 Å². The van der Waals surface area contributed by atoms with Crippen molar-refractivity contribution in [2.45, 2.75) is 88.6 Å². The molecule has 0 bridgehead atoms. The summed E-state index contributed by atoms with van der Waals surface area (Å²) in [5.74, 6) is 0.150. The number of rotatable bonds is 13. The Morgan fingerprint density at radius 1 is 1.04 bits per heavy atom. The second-order valence-corrected chi connectivity index (χ2v) is 13.2. The molecule has 6 N–H and O–H groups in total. The van der Waals surface area contributed by atoms with E-state index in [1.807, 2.05) is 25.1 Å². The molecule has 0 aromatic heterocycles. The number of likely N-dealkylation sites (tertiary alicyclic amines) is 1. The van der Waals surface area contributed by atoms with E-state index in [1.165, 1.54) is 0 Å². The Morgan fingerprint density at radius 2 is 1.68 bits per heavy atom. The molecule has 2 unspecified atom stereocenters. The van der Waals surface area contributed by atoms with Gasteiger partial charge in [-0.15, -0.1) is 5.10 Å². The van der Waals surface area contributed by atoms with E-state index < -0.39 is 5.41 Å². The Kier molecular flexibility index (Phi) is 10.5. The third kappa shape index (κ3) is 6.68. The molecular weight excluding hydrogens is 586 g/mol. The summed E-state index contributed by atoms with van der Waals surface area (Å²) in [5.41, 5.74) is 21.2. The van der Waals surface area contributed by atoms with Crippen LogP contribution in [0.3, 0.4) is 0 Å². The number of hydrogen-bond acceptors (Lipinski definition) is 7. The van der Waals surface area contributed by atoms with Crippen LogP contribution < -0.4 is 21.7 Å². The maximum Gasteiger partial charge on any atom is 0.251 e. The van der Waals surface area contributed by atoms with Crippen LogP contribution in [0.15, 0.2) is 65.6 Å². The first-order valence-electron chi connectivity index (χ1n) is 17.0. The molecule has 2 fully saturated rings. The predicted molar refractivity (Wildman–Crippen MR) is 187 cm³/mol. The van der Waals surface area contributed by atoms with Gasteiger partial charge in [-0.25, -0.2) is 0 Å². The summed E-state index contributed by atoms with van der Waals surface area (Å²) in [4.78, 5) is 15.1. The second-order valence-electron chi connectivity index (χ2n) is 13.2. The molecule has 2 atom stereocenters. The lowest BCUT2D eigenvalue weighted by Crippen LogP contribution is -2.54. The van der Waals surface area contributed by atoms with Gasteiger partial charge < -0.3 is 26.6 Å². The summed E-state index contributed by atoms with van der Waals surface area (Å²) in [6, 6.07) is 14.6. The first-order valence-corrected chi connectivity index (χ1v) is 17.0. The molecule has 1 heterocycles. The van der Waals surface area contributed by atoms with E-state index in [1.54, 1.807) is 0 Å². The van der Waals surface area contributed by atoms with Gasteiger partial charge >= 0.3 is 0 Å². The molecule has 1 saturated heterocycles. The number of nitrogens with two attached hydrogens (primary N) is 1. The number of amides is 1. The van der Waals surface area contributed by atoms with Gasteiger partial charge in [0.1, 0.15) is 11.9 Å². The van der Waals surface area contributed by atoms with Crippen molar-refractivity contribution < 1.29 is 4.79 Å². The monoisotopic (exact) mass is 635 g/mol. The van der Waals surface area contributed by atoms with E-state index in [4.69, 9.17) is 11.3 Å². The van der Waals surface area contributed by atoms with Crippen LogP contribution >= 0.6 is 0 Å². The van der Waals surface area contributed by atoms with Crippen LogP contribution in [0.25, 0.3) is 5.70 Å². The molecule has 0 spiro atoms. The predicted octanol–water partition coefficient (Wildman–Crippen LogP) is 5.50. The average Bonchev–Trinajstić information content (AvgIpc) is 3.73. The van der Waals surface area contributed by atoms with Gasteiger partial charge in [-0.3, -0.25) is 4.79 Å². The average molecular weight is 636 g/mol. The largest absolute Gasteiger partial charge is 0.385 e. The van der Waals surface area contributed by atoms with Crippen molar-refractivity contribution in [2.75, 3.05) is 26.2 Å². The van der Waals surface area contributed by atoms with Crippen molar-refractivity contribution in [1.29, 1.82) is 10.8 Å². The summed E-state index contributed by atoms with van der Waals surface area (Å²) in [6.07, 6.45) is 7.90. The Hall–Kier alpha value is -4.49. The minimum atomic E-state index is -0.926. The SMILES string of the molecule is C=C(NCC)c1ccc2c(c1)CCc1cc(C(=O)NCC)ccc1C2(CC1(NCC(=C)N2CCCC2C#N)CCCC1)/C(N)=N/N=N. The first-order chi connectivity index (χ1) is 22.7. The summed E-state index contributed by atoms with van der Waals surface area (Å²) < 4.78 is 0. The molecule has 2 aromatic rings. The van der Waals surface area contributed by atoms with Gasteiger partial charge in [-0.2, -0.15) is 10.8 Å². The van der Waals surface area contributed by atoms with Crippen LogP contribution in [0.5, 0.6) is 0 Å². The Morgan fingerprint density at radius 3 is 2.30 bits per heavy atom. The molecule has 3 aliphatic rings. The van der Waals surface area contributed by atoms with Gasteiger partial charge in [0, 0.05) is 48.7 Å². The number of nitrogens with zero attached hydrogens (tertiary/aromatic N) is 4. The molecule has 1 saturated carbocycles. The van der Waals surface area contributed by atoms with Crippen LogP contribution in [0.1, 0.15) is 97.0 Å². The van der Waals surface area contributed by atoms with Crippen LogP contribution in [0, 0.1) is 16.9 Å². The fraction of sp³-hybridized carbons (Fsp3) is 0.486. The number of carbonyl (C=O) groups is 1. The number of nitriles is 1. The Balaban J connectivity index is 1.66. The fourth-order valence-electron chi connectivity index (χ4n) is 8.10. The number of nitrogens with one attached hydrogen (secondary N) is 4. The molecule has 10 heteroatoms. The number of hydrogen-bond donors (Lipinski definition) is 5. The lowest BCUT2D eigenvalue weighted by molar-refractivity contribution is 0.0955. The number of aryl methyl sites for hydroxylation is 2. The van der Waals surface area contributed by atoms with Crippen molar-refractivity contribution in [3.05, 3.63) is 88.6 Å². The highest BCUT2D eigenvalue weighted by Gasteiger charge is 2.50.